The molecule has 3 aromatic rings. The van der Waals surface area contributed by atoms with Crippen molar-refractivity contribution in [3.63, 3.8) is 0 Å². The summed E-state index contributed by atoms with van der Waals surface area (Å²) >= 11 is 0. The minimum absolute atomic E-state index is 0.281. The summed E-state index contributed by atoms with van der Waals surface area (Å²) in [6.07, 6.45) is 0. The minimum atomic E-state index is -0.688. The van der Waals surface area contributed by atoms with Gasteiger partial charge in [0.05, 0.1) is 19.2 Å². The number of methoxy groups -OCH3 is 1. The number of amides is 1. The predicted octanol–water partition coefficient (Wildman–Crippen LogP) is 2.36. The third-order valence-electron chi connectivity index (χ3n) is 4.01. The summed E-state index contributed by atoms with van der Waals surface area (Å²) in [5.41, 5.74) is 1.05. The van der Waals surface area contributed by atoms with Crippen LogP contribution in [0.2, 0.25) is 0 Å². The van der Waals surface area contributed by atoms with Crippen molar-refractivity contribution in [3.05, 3.63) is 59.1 Å². The van der Waals surface area contributed by atoms with Crippen LogP contribution in [-0.2, 0) is 4.79 Å². The van der Waals surface area contributed by atoms with E-state index in [0.29, 0.717) is 30.0 Å². The van der Waals surface area contributed by atoms with Crippen LogP contribution in [0.5, 0.6) is 11.5 Å². The van der Waals surface area contributed by atoms with Crippen LogP contribution < -0.4 is 20.5 Å². The molecule has 1 atom stereocenters. The van der Waals surface area contributed by atoms with Crippen molar-refractivity contribution < 1.29 is 18.7 Å². The normalized spacial score (nSPS) is 11.9. The molecule has 1 amide bonds. The molecule has 2 aromatic carbocycles. The Bertz CT molecular complexity index is 942. The molecule has 0 bridgehead atoms. The molecule has 1 aromatic heterocycles. The highest BCUT2D eigenvalue weighted by molar-refractivity contribution is 5.82. The zero-order valence-corrected chi connectivity index (χ0v) is 14.6. The molecule has 7 heteroatoms. The number of benzene rings is 2. The number of ether oxygens (including phenoxy) is 2. The van der Waals surface area contributed by atoms with E-state index in [-0.39, 0.29) is 5.91 Å². The Balaban J connectivity index is 1.55. The zero-order valence-electron chi connectivity index (χ0n) is 14.6. The molecule has 136 valence electrons. The third kappa shape index (κ3) is 3.72. The quantitative estimate of drug-likeness (QED) is 0.657. The van der Waals surface area contributed by atoms with Gasteiger partial charge in [0.1, 0.15) is 24.1 Å². The molecule has 1 heterocycles. The van der Waals surface area contributed by atoms with Crippen molar-refractivity contribution >= 4 is 17.0 Å². The van der Waals surface area contributed by atoms with Gasteiger partial charge in [-0.3, -0.25) is 9.36 Å². The van der Waals surface area contributed by atoms with Crippen molar-refractivity contribution in [1.29, 1.82) is 0 Å². The Morgan fingerprint density at radius 2 is 1.85 bits per heavy atom. The fraction of sp³-hybridized carbons (Fsp3) is 0.263. The van der Waals surface area contributed by atoms with Crippen LogP contribution in [0.25, 0.3) is 11.1 Å². The second-order valence-electron chi connectivity index (χ2n) is 5.70. The highest BCUT2D eigenvalue weighted by atomic mass is 16.5. The van der Waals surface area contributed by atoms with Crippen LogP contribution in [0.15, 0.2) is 57.7 Å². The Labute approximate surface area is 150 Å². The Morgan fingerprint density at radius 3 is 2.58 bits per heavy atom. The topological polar surface area (TPSA) is 82.7 Å². The number of nitrogens with zero attached hydrogens (tertiary/aromatic N) is 1. The second kappa shape index (κ2) is 7.77. The molecule has 0 radical (unpaired) electrons. The van der Waals surface area contributed by atoms with E-state index in [1.807, 2.05) is 0 Å². The average molecular weight is 356 g/mol. The van der Waals surface area contributed by atoms with Gasteiger partial charge in [-0.2, -0.15) is 0 Å². The van der Waals surface area contributed by atoms with E-state index in [4.69, 9.17) is 13.9 Å². The Kier molecular flexibility index (Phi) is 5.26. The molecule has 0 saturated carbocycles. The standard InChI is InChI=1S/C19H20N2O5/c1-13(21-16-5-3-4-6-17(16)26-19(21)23)18(22)20-11-12-25-15-9-7-14(24-2)8-10-15/h3-10,13H,11-12H2,1-2H3,(H,20,22). The molecule has 7 nitrogen and oxygen atoms in total. The summed E-state index contributed by atoms with van der Waals surface area (Å²) in [5.74, 6) is 0.600. The Hall–Kier alpha value is -3.22. The minimum Gasteiger partial charge on any atom is -0.497 e. The molecule has 0 aliphatic rings. The molecule has 26 heavy (non-hydrogen) atoms. The van der Waals surface area contributed by atoms with Crippen LogP contribution >= 0.6 is 0 Å². The number of oxazole rings is 1. The van der Waals surface area contributed by atoms with Crippen LogP contribution in [0, 0.1) is 0 Å². The lowest BCUT2D eigenvalue weighted by atomic mass is 10.2. The van der Waals surface area contributed by atoms with Gasteiger partial charge in [-0.15, -0.1) is 0 Å². The number of carbonyl (C=O) groups excluding carboxylic acids is 1. The summed E-state index contributed by atoms with van der Waals surface area (Å²) in [5, 5.41) is 2.77. The maximum Gasteiger partial charge on any atom is 0.420 e. The summed E-state index contributed by atoms with van der Waals surface area (Å²) in [6, 6.07) is 13.5. The van der Waals surface area contributed by atoms with Gasteiger partial charge >= 0.3 is 5.76 Å². The largest absolute Gasteiger partial charge is 0.497 e. The lowest BCUT2D eigenvalue weighted by molar-refractivity contribution is -0.124. The summed E-state index contributed by atoms with van der Waals surface area (Å²) in [6.45, 7) is 2.29. The number of aromatic nitrogens is 1. The third-order valence-corrected chi connectivity index (χ3v) is 4.01. The molecule has 1 N–H and O–H groups in total. The molecule has 1 unspecified atom stereocenters. The highest BCUT2D eigenvalue weighted by Crippen LogP contribution is 2.17. The number of hydrogen-bond donors (Lipinski definition) is 1. The van der Waals surface area contributed by atoms with Crippen LogP contribution in [0.4, 0.5) is 0 Å². The van der Waals surface area contributed by atoms with Crippen LogP contribution in [0.1, 0.15) is 13.0 Å². The molecule has 3 rings (SSSR count). The lowest BCUT2D eigenvalue weighted by Crippen LogP contribution is -2.36. The van der Waals surface area contributed by atoms with Gasteiger partial charge < -0.3 is 19.2 Å². The smallest absolute Gasteiger partial charge is 0.420 e. The molecule has 0 aliphatic heterocycles. The molecule has 0 spiro atoms. The number of hydrogen-bond acceptors (Lipinski definition) is 5. The maximum absolute atomic E-state index is 12.3. The van der Waals surface area contributed by atoms with Crippen molar-refractivity contribution in [3.8, 4) is 11.5 Å². The zero-order chi connectivity index (χ0) is 18.5. The number of rotatable bonds is 7. The van der Waals surface area contributed by atoms with Crippen LogP contribution in [-0.4, -0.2) is 30.7 Å². The number of carbonyl (C=O) groups is 1. The van der Waals surface area contributed by atoms with E-state index in [9.17, 15) is 9.59 Å². The van der Waals surface area contributed by atoms with Crippen molar-refractivity contribution in [2.45, 2.75) is 13.0 Å². The summed E-state index contributed by atoms with van der Waals surface area (Å²) in [4.78, 5) is 24.4. The summed E-state index contributed by atoms with van der Waals surface area (Å²) < 4.78 is 17.2. The van der Waals surface area contributed by atoms with E-state index in [2.05, 4.69) is 5.32 Å². The number of para-hydroxylation sites is 2. The average Bonchev–Trinajstić information content (AvgIpc) is 3.00. The van der Waals surface area contributed by atoms with Crippen molar-refractivity contribution in [2.75, 3.05) is 20.3 Å². The predicted molar refractivity (Wildman–Crippen MR) is 96.7 cm³/mol. The lowest BCUT2D eigenvalue weighted by Gasteiger charge is -2.13. The molecular formula is C19H20N2O5. The highest BCUT2D eigenvalue weighted by Gasteiger charge is 2.20. The van der Waals surface area contributed by atoms with Gasteiger partial charge in [0.25, 0.3) is 0 Å². The van der Waals surface area contributed by atoms with Crippen molar-refractivity contribution in [1.82, 2.24) is 9.88 Å². The van der Waals surface area contributed by atoms with E-state index in [1.54, 1.807) is 62.6 Å². The van der Waals surface area contributed by atoms with Gasteiger partial charge in [-0.05, 0) is 43.3 Å². The van der Waals surface area contributed by atoms with Gasteiger partial charge in [-0.1, -0.05) is 12.1 Å². The molecular weight excluding hydrogens is 336 g/mol. The second-order valence-corrected chi connectivity index (χ2v) is 5.70. The fourth-order valence-electron chi connectivity index (χ4n) is 2.63. The fourth-order valence-corrected chi connectivity index (χ4v) is 2.63. The Morgan fingerprint density at radius 1 is 1.15 bits per heavy atom. The first-order valence-corrected chi connectivity index (χ1v) is 8.25. The van der Waals surface area contributed by atoms with Crippen molar-refractivity contribution in [2.24, 2.45) is 0 Å². The number of fused-ring (bicyclic) bond motifs is 1. The van der Waals surface area contributed by atoms with E-state index >= 15 is 0 Å². The SMILES string of the molecule is COc1ccc(OCCNC(=O)C(C)n2c(=O)oc3ccccc32)cc1. The van der Waals surface area contributed by atoms with Gasteiger partial charge in [0, 0.05) is 0 Å². The first-order valence-electron chi connectivity index (χ1n) is 8.25. The monoisotopic (exact) mass is 356 g/mol. The maximum atomic E-state index is 12.3. The van der Waals surface area contributed by atoms with Gasteiger partial charge in [0.2, 0.25) is 5.91 Å². The van der Waals surface area contributed by atoms with E-state index < -0.39 is 11.8 Å². The molecule has 0 aliphatic carbocycles. The summed E-state index contributed by atoms with van der Waals surface area (Å²) in [7, 11) is 1.60. The first-order chi connectivity index (χ1) is 12.6. The van der Waals surface area contributed by atoms with E-state index in [0.717, 1.165) is 5.75 Å². The van der Waals surface area contributed by atoms with Crippen LogP contribution in [0.3, 0.4) is 0 Å². The first kappa shape index (κ1) is 17.6. The molecule has 0 fully saturated rings. The van der Waals surface area contributed by atoms with Gasteiger partial charge in [-0.25, -0.2) is 4.79 Å². The number of nitrogens with one attached hydrogen (secondary N) is 1. The van der Waals surface area contributed by atoms with E-state index in [1.165, 1.54) is 4.57 Å². The van der Waals surface area contributed by atoms with Gasteiger partial charge in [0.15, 0.2) is 5.58 Å². The molecule has 0 saturated heterocycles.